The number of hydrogen-bond acceptors (Lipinski definition) is 2. The summed E-state index contributed by atoms with van der Waals surface area (Å²) in [7, 11) is 1.73. The van der Waals surface area contributed by atoms with Gasteiger partial charge in [-0.25, -0.2) is 0 Å². The molecule has 0 unspecified atom stereocenters. The Kier molecular flexibility index (Phi) is 6.79. The molecule has 2 nitrogen and oxygen atoms in total. The second kappa shape index (κ2) is 9.77. The van der Waals surface area contributed by atoms with Crippen molar-refractivity contribution in [2.75, 3.05) is 13.7 Å². The molecule has 1 aliphatic carbocycles. The zero-order chi connectivity index (χ0) is 24.2. The van der Waals surface area contributed by atoms with E-state index in [1.165, 1.54) is 16.7 Å². The van der Waals surface area contributed by atoms with E-state index in [0.29, 0.717) is 6.61 Å². The minimum atomic E-state index is -0.569. The Morgan fingerprint density at radius 2 is 1.47 bits per heavy atom. The number of allylic oxidation sites excluding steroid dienone is 4. The molecule has 2 heteroatoms. The van der Waals surface area contributed by atoms with E-state index in [1.54, 1.807) is 7.11 Å². The minimum Gasteiger partial charge on any atom is -0.497 e. The van der Waals surface area contributed by atoms with E-state index in [4.69, 9.17) is 9.47 Å². The lowest BCUT2D eigenvalue weighted by Gasteiger charge is -2.39. The van der Waals surface area contributed by atoms with E-state index in [-0.39, 0.29) is 5.41 Å². The van der Waals surface area contributed by atoms with Crippen molar-refractivity contribution in [2.45, 2.75) is 38.0 Å². The summed E-state index contributed by atoms with van der Waals surface area (Å²) in [5.41, 5.74) is 5.09. The van der Waals surface area contributed by atoms with Crippen LogP contribution in [0.5, 0.6) is 11.5 Å². The van der Waals surface area contributed by atoms with Gasteiger partial charge in [0.2, 0.25) is 0 Å². The van der Waals surface area contributed by atoms with Gasteiger partial charge in [-0.05, 0) is 40.7 Å². The molecule has 1 aliphatic rings. The van der Waals surface area contributed by atoms with Gasteiger partial charge in [0.05, 0.1) is 12.5 Å². The Morgan fingerprint density at radius 1 is 0.882 bits per heavy atom. The van der Waals surface area contributed by atoms with Crippen molar-refractivity contribution in [3.8, 4) is 11.5 Å². The number of rotatable bonds is 8. The molecule has 0 aromatic heterocycles. The highest BCUT2D eigenvalue weighted by Crippen LogP contribution is 2.53. The maximum absolute atomic E-state index is 6.53. The van der Waals surface area contributed by atoms with Gasteiger partial charge in [0.15, 0.2) is 0 Å². The molecule has 3 aromatic carbocycles. The lowest BCUT2D eigenvalue weighted by molar-refractivity contribution is 0.340. The van der Waals surface area contributed by atoms with Crippen molar-refractivity contribution < 1.29 is 9.47 Å². The molecular weight excluding hydrogens is 416 g/mol. The first kappa shape index (κ1) is 23.6. The predicted octanol–water partition coefficient (Wildman–Crippen LogP) is 7.78. The van der Waals surface area contributed by atoms with Crippen molar-refractivity contribution in [1.29, 1.82) is 0 Å². The zero-order valence-electron chi connectivity index (χ0n) is 20.7. The Bertz CT molecular complexity index is 1160. The van der Waals surface area contributed by atoms with Crippen molar-refractivity contribution >= 4 is 0 Å². The lowest BCUT2D eigenvalue weighted by atomic mass is 9.63. The molecule has 0 amide bonds. The summed E-state index contributed by atoms with van der Waals surface area (Å²) in [4.78, 5) is 0. The molecule has 0 radical (unpaired) electrons. The van der Waals surface area contributed by atoms with Crippen LogP contribution in [0.3, 0.4) is 0 Å². The molecule has 0 saturated carbocycles. The fourth-order valence-corrected chi connectivity index (χ4v) is 4.93. The van der Waals surface area contributed by atoms with Gasteiger partial charge in [-0.15, -0.1) is 0 Å². The molecule has 4 rings (SSSR count). The van der Waals surface area contributed by atoms with Crippen LogP contribution >= 0.6 is 0 Å². The highest BCUT2D eigenvalue weighted by Gasteiger charge is 2.43. The van der Waals surface area contributed by atoms with Crippen LogP contribution in [-0.4, -0.2) is 13.7 Å². The van der Waals surface area contributed by atoms with Gasteiger partial charge in [-0.2, -0.15) is 0 Å². The number of benzene rings is 3. The normalized spacial score (nSPS) is 13.5. The van der Waals surface area contributed by atoms with Crippen molar-refractivity contribution in [1.82, 2.24) is 0 Å². The standard InChI is InChI=1S/C32H34O2/c1-6-21-34-30-28(31(2,3)4)22-27(33-5)23-29(30)32(26-19-13-14-20-26,24-15-9-7-10-16-24)25-17-11-8-12-18-25/h6-13,15-20,22-23H,1,14,21H2,2-5H3. The molecule has 0 atom stereocenters. The van der Waals surface area contributed by atoms with E-state index in [0.717, 1.165) is 29.0 Å². The first-order chi connectivity index (χ1) is 16.4. The van der Waals surface area contributed by atoms with E-state index in [1.807, 2.05) is 6.08 Å². The third kappa shape index (κ3) is 4.21. The maximum Gasteiger partial charge on any atom is 0.128 e. The molecule has 34 heavy (non-hydrogen) atoms. The Labute approximate surface area is 204 Å². The van der Waals surface area contributed by atoms with Crippen molar-refractivity contribution in [2.24, 2.45) is 0 Å². The first-order valence-corrected chi connectivity index (χ1v) is 11.9. The number of ether oxygens (including phenoxy) is 2. The minimum absolute atomic E-state index is 0.154. The van der Waals surface area contributed by atoms with Gasteiger partial charge >= 0.3 is 0 Å². The van der Waals surface area contributed by atoms with Crippen LogP contribution < -0.4 is 9.47 Å². The molecule has 0 heterocycles. The Balaban J connectivity index is 2.21. The summed E-state index contributed by atoms with van der Waals surface area (Å²) in [5, 5.41) is 0. The summed E-state index contributed by atoms with van der Waals surface area (Å²) in [6, 6.07) is 25.7. The van der Waals surface area contributed by atoms with Crippen LogP contribution in [0.1, 0.15) is 49.4 Å². The molecule has 3 aromatic rings. The third-order valence-corrected chi connectivity index (χ3v) is 6.47. The van der Waals surface area contributed by atoms with Gasteiger partial charge < -0.3 is 9.47 Å². The number of methoxy groups -OCH3 is 1. The lowest BCUT2D eigenvalue weighted by Crippen LogP contribution is -2.32. The van der Waals surface area contributed by atoms with E-state index in [2.05, 4.69) is 118 Å². The molecule has 0 saturated heterocycles. The second-order valence-corrected chi connectivity index (χ2v) is 9.68. The summed E-state index contributed by atoms with van der Waals surface area (Å²) in [6.07, 6.45) is 9.53. The highest BCUT2D eigenvalue weighted by molar-refractivity contribution is 5.68. The van der Waals surface area contributed by atoms with Crippen LogP contribution in [-0.2, 0) is 10.8 Å². The van der Waals surface area contributed by atoms with Crippen LogP contribution in [0.15, 0.2) is 109 Å². The zero-order valence-corrected chi connectivity index (χ0v) is 20.7. The number of hydrogen-bond donors (Lipinski definition) is 0. The molecule has 0 fully saturated rings. The van der Waals surface area contributed by atoms with Crippen LogP contribution in [0.4, 0.5) is 0 Å². The maximum atomic E-state index is 6.53. The second-order valence-electron chi connectivity index (χ2n) is 9.68. The summed E-state index contributed by atoms with van der Waals surface area (Å²) in [6.45, 7) is 11.0. The van der Waals surface area contributed by atoms with E-state index >= 15 is 0 Å². The van der Waals surface area contributed by atoms with Crippen LogP contribution in [0.2, 0.25) is 0 Å². The predicted molar refractivity (Wildman–Crippen MR) is 142 cm³/mol. The molecule has 174 valence electrons. The highest BCUT2D eigenvalue weighted by atomic mass is 16.5. The van der Waals surface area contributed by atoms with Crippen molar-refractivity contribution in [3.05, 3.63) is 132 Å². The fraction of sp³-hybridized carbons (Fsp3) is 0.250. The van der Waals surface area contributed by atoms with Gasteiger partial charge in [0.25, 0.3) is 0 Å². The molecule has 0 bridgehead atoms. The quantitative estimate of drug-likeness (QED) is 0.258. The monoisotopic (exact) mass is 450 g/mol. The van der Waals surface area contributed by atoms with E-state index in [9.17, 15) is 0 Å². The summed E-state index contributed by atoms with van der Waals surface area (Å²) < 4.78 is 12.4. The van der Waals surface area contributed by atoms with Crippen molar-refractivity contribution in [3.63, 3.8) is 0 Å². The third-order valence-electron chi connectivity index (χ3n) is 6.47. The molecule has 0 N–H and O–H groups in total. The Morgan fingerprint density at radius 3 is 1.94 bits per heavy atom. The van der Waals surface area contributed by atoms with Gasteiger partial charge in [-0.3, -0.25) is 0 Å². The molecular formula is C32H34O2. The molecule has 0 spiro atoms. The average Bonchev–Trinajstić information content (AvgIpc) is 3.39. The smallest absolute Gasteiger partial charge is 0.128 e. The SMILES string of the molecule is C=CCOc1c(C(C)(C)C)cc(OC)cc1C(C1=CCC=C1)(c1ccccc1)c1ccccc1. The van der Waals surface area contributed by atoms with E-state index < -0.39 is 5.41 Å². The van der Waals surface area contributed by atoms with Gasteiger partial charge in [0, 0.05) is 11.1 Å². The van der Waals surface area contributed by atoms with Crippen LogP contribution in [0, 0.1) is 0 Å². The van der Waals surface area contributed by atoms with Gasteiger partial charge in [0.1, 0.15) is 18.1 Å². The summed E-state index contributed by atoms with van der Waals surface area (Å²) >= 11 is 0. The fourth-order valence-electron chi connectivity index (χ4n) is 4.93. The Hall–Kier alpha value is -3.52. The average molecular weight is 451 g/mol. The topological polar surface area (TPSA) is 18.5 Å². The largest absolute Gasteiger partial charge is 0.497 e. The summed E-state index contributed by atoms with van der Waals surface area (Å²) in [5.74, 6) is 1.71. The van der Waals surface area contributed by atoms with Crippen LogP contribution in [0.25, 0.3) is 0 Å². The van der Waals surface area contributed by atoms with Gasteiger partial charge in [-0.1, -0.05) is 112 Å². The molecule has 0 aliphatic heterocycles. The first-order valence-electron chi connectivity index (χ1n) is 11.9.